The molecular formula is C19H28N2O5S. The zero-order chi connectivity index (χ0) is 20.0. The fraction of sp³-hybridized carbons (Fsp3) is 0.579. The zero-order valence-electron chi connectivity index (χ0n) is 16.1. The van der Waals surface area contributed by atoms with Crippen molar-refractivity contribution in [2.75, 3.05) is 19.4 Å². The maximum absolute atomic E-state index is 12.3. The van der Waals surface area contributed by atoms with Crippen LogP contribution in [-0.2, 0) is 24.3 Å². The van der Waals surface area contributed by atoms with Gasteiger partial charge in [0.1, 0.15) is 0 Å². The third kappa shape index (κ3) is 6.04. The molecule has 1 aromatic rings. The van der Waals surface area contributed by atoms with Crippen LogP contribution in [0.15, 0.2) is 29.2 Å². The molecule has 7 nitrogen and oxygen atoms in total. The minimum Gasteiger partial charge on any atom is -0.453 e. The lowest BCUT2D eigenvalue weighted by Gasteiger charge is -2.16. The number of benzene rings is 1. The number of carbonyl (C=O) groups excluding carboxylic acids is 2. The Kier molecular flexibility index (Phi) is 7.38. The van der Waals surface area contributed by atoms with E-state index < -0.39 is 22.0 Å². The Morgan fingerprint density at radius 3 is 2.56 bits per heavy atom. The molecule has 0 unspecified atom stereocenters. The van der Waals surface area contributed by atoms with E-state index >= 15 is 0 Å². The van der Waals surface area contributed by atoms with Gasteiger partial charge in [-0.25, -0.2) is 12.7 Å². The summed E-state index contributed by atoms with van der Waals surface area (Å²) >= 11 is 0. The van der Waals surface area contributed by atoms with Crippen LogP contribution >= 0.6 is 0 Å². The van der Waals surface area contributed by atoms with E-state index in [0.717, 1.165) is 23.6 Å². The third-order valence-corrected chi connectivity index (χ3v) is 6.60. The van der Waals surface area contributed by atoms with Crippen LogP contribution in [0.3, 0.4) is 0 Å². The van der Waals surface area contributed by atoms with Crippen LogP contribution < -0.4 is 5.32 Å². The number of esters is 1. The summed E-state index contributed by atoms with van der Waals surface area (Å²) in [6, 6.07) is 5.96. The quantitative estimate of drug-likeness (QED) is 0.682. The zero-order valence-corrected chi connectivity index (χ0v) is 16.9. The van der Waals surface area contributed by atoms with Gasteiger partial charge in [0.05, 0.1) is 4.90 Å². The number of sulfonamides is 1. The minimum atomic E-state index is -3.59. The first kappa shape index (κ1) is 21.4. The number of nitrogens with one attached hydrogen (secondary N) is 1. The van der Waals surface area contributed by atoms with E-state index in [4.69, 9.17) is 4.74 Å². The third-order valence-electron chi connectivity index (χ3n) is 4.79. The topological polar surface area (TPSA) is 92.8 Å². The SMILES string of the molecule is C[C@H](OC(=O)CCC1CCCC1)C(=O)Nc1cccc(S(=O)(=O)N(C)C)c1. The minimum absolute atomic E-state index is 0.0755. The van der Waals surface area contributed by atoms with Crippen molar-refractivity contribution in [2.45, 2.75) is 56.4 Å². The molecule has 2 rings (SSSR count). The first-order valence-corrected chi connectivity index (χ1v) is 10.7. The van der Waals surface area contributed by atoms with Gasteiger partial charge in [-0.2, -0.15) is 0 Å². The summed E-state index contributed by atoms with van der Waals surface area (Å²) in [6.07, 6.45) is 4.94. The van der Waals surface area contributed by atoms with Gasteiger partial charge in [0.15, 0.2) is 6.10 Å². The smallest absolute Gasteiger partial charge is 0.306 e. The van der Waals surface area contributed by atoms with Crippen LogP contribution in [0, 0.1) is 5.92 Å². The van der Waals surface area contributed by atoms with E-state index in [-0.39, 0.29) is 10.9 Å². The highest BCUT2D eigenvalue weighted by atomic mass is 32.2. The average Bonchev–Trinajstić information content (AvgIpc) is 3.13. The van der Waals surface area contributed by atoms with Crippen LogP contribution in [-0.4, -0.2) is 44.8 Å². The molecular weight excluding hydrogens is 368 g/mol. The number of ether oxygens (including phenoxy) is 1. The second-order valence-corrected chi connectivity index (χ2v) is 9.28. The predicted molar refractivity (Wildman–Crippen MR) is 103 cm³/mol. The Bertz CT molecular complexity index is 770. The van der Waals surface area contributed by atoms with Gasteiger partial charge in [0, 0.05) is 26.2 Å². The number of anilines is 1. The van der Waals surface area contributed by atoms with Crippen molar-refractivity contribution in [2.24, 2.45) is 5.92 Å². The molecule has 150 valence electrons. The molecule has 8 heteroatoms. The highest BCUT2D eigenvalue weighted by molar-refractivity contribution is 7.89. The first-order chi connectivity index (χ1) is 12.7. The van der Waals surface area contributed by atoms with Gasteiger partial charge in [-0.15, -0.1) is 0 Å². The number of hydrogen-bond donors (Lipinski definition) is 1. The lowest BCUT2D eigenvalue weighted by atomic mass is 10.0. The van der Waals surface area contributed by atoms with Crippen LogP contribution in [0.25, 0.3) is 0 Å². The normalized spacial score (nSPS) is 16.3. The Balaban J connectivity index is 1.89. The summed E-state index contributed by atoms with van der Waals surface area (Å²) in [7, 11) is -0.717. The summed E-state index contributed by atoms with van der Waals surface area (Å²) in [4.78, 5) is 24.3. The van der Waals surface area contributed by atoms with Gasteiger partial charge in [0.25, 0.3) is 5.91 Å². The molecule has 1 atom stereocenters. The van der Waals surface area contributed by atoms with E-state index in [9.17, 15) is 18.0 Å². The molecule has 0 aliphatic heterocycles. The van der Waals surface area contributed by atoms with Crippen LogP contribution in [0.2, 0.25) is 0 Å². The second-order valence-electron chi connectivity index (χ2n) is 7.13. The van der Waals surface area contributed by atoms with Crippen LogP contribution in [0.1, 0.15) is 45.4 Å². The Hall–Kier alpha value is -1.93. The number of nitrogens with zero attached hydrogens (tertiary/aromatic N) is 1. The molecule has 0 bridgehead atoms. The van der Waals surface area contributed by atoms with Gasteiger partial charge in [-0.3, -0.25) is 9.59 Å². The molecule has 1 aromatic carbocycles. The average molecular weight is 397 g/mol. The van der Waals surface area contributed by atoms with Gasteiger partial charge < -0.3 is 10.1 Å². The fourth-order valence-corrected chi connectivity index (χ4v) is 4.07. The van der Waals surface area contributed by atoms with Crippen molar-refractivity contribution in [1.82, 2.24) is 4.31 Å². The summed E-state index contributed by atoms with van der Waals surface area (Å²) in [5.74, 6) is -0.292. The van der Waals surface area contributed by atoms with Gasteiger partial charge in [-0.1, -0.05) is 31.7 Å². The van der Waals surface area contributed by atoms with Crippen molar-refractivity contribution in [3.63, 3.8) is 0 Å². The molecule has 0 spiro atoms. The van der Waals surface area contributed by atoms with E-state index in [0.29, 0.717) is 18.0 Å². The largest absolute Gasteiger partial charge is 0.453 e. The van der Waals surface area contributed by atoms with E-state index in [1.807, 2.05) is 0 Å². The van der Waals surface area contributed by atoms with E-state index in [2.05, 4.69) is 5.32 Å². The predicted octanol–water partition coefficient (Wildman–Crippen LogP) is 2.78. The number of rotatable bonds is 8. The van der Waals surface area contributed by atoms with Crippen molar-refractivity contribution in [3.8, 4) is 0 Å². The fourth-order valence-electron chi connectivity index (χ4n) is 3.12. The molecule has 1 aliphatic carbocycles. The number of amides is 1. The van der Waals surface area contributed by atoms with Gasteiger partial charge in [-0.05, 0) is 37.5 Å². The molecule has 1 aliphatic rings. The molecule has 0 aromatic heterocycles. The molecule has 27 heavy (non-hydrogen) atoms. The van der Waals surface area contributed by atoms with Crippen molar-refractivity contribution < 1.29 is 22.7 Å². The monoisotopic (exact) mass is 396 g/mol. The number of hydrogen-bond acceptors (Lipinski definition) is 5. The summed E-state index contributed by atoms with van der Waals surface area (Å²) < 4.78 is 30.7. The van der Waals surface area contributed by atoms with E-state index in [1.54, 1.807) is 12.1 Å². The molecule has 1 fully saturated rings. The Morgan fingerprint density at radius 1 is 1.26 bits per heavy atom. The summed E-state index contributed by atoms with van der Waals surface area (Å²) in [5, 5.41) is 2.60. The van der Waals surface area contributed by atoms with Gasteiger partial charge in [0.2, 0.25) is 10.0 Å². The molecule has 0 saturated heterocycles. The van der Waals surface area contributed by atoms with Crippen molar-refractivity contribution >= 4 is 27.6 Å². The summed E-state index contributed by atoms with van der Waals surface area (Å²) in [5.41, 5.74) is 0.330. The highest BCUT2D eigenvalue weighted by Gasteiger charge is 2.22. The van der Waals surface area contributed by atoms with Crippen LogP contribution in [0.5, 0.6) is 0 Å². The maximum atomic E-state index is 12.3. The van der Waals surface area contributed by atoms with Crippen molar-refractivity contribution in [3.05, 3.63) is 24.3 Å². The molecule has 1 saturated carbocycles. The van der Waals surface area contributed by atoms with Crippen molar-refractivity contribution in [1.29, 1.82) is 0 Å². The standard InChI is InChI=1S/C19H28N2O5S/c1-14(26-18(22)12-11-15-7-4-5-8-15)19(23)20-16-9-6-10-17(13-16)27(24,25)21(2)3/h6,9-10,13-15H,4-5,7-8,11-12H2,1-3H3,(H,20,23)/t14-/m0/s1. The van der Waals surface area contributed by atoms with E-state index in [1.165, 1.54) is 46.0 Å². The maximum Gasteiger partial charge on any atom is 0.306 e. The lowest BCUT2D eigenvalue weighted by Crippen LogP contribution is -2.30. The second kappa shape index (κ2) is 9.32. The van der Waals surface area contributed by atoms with Gasteiger partial charge >= 0.3 is 5.97 Å². The Labute approximate surface area is 161 Å². The van der Waals surface area contributed by atoms with Crippen LogP contribution in [0.4, 0.5) is 5.69 Å². The molecule has 1 amide bonds. The molecule has 0 heterocycles. The Morgan fingerprint density at radius 2 is 1.93 bits per heavy atom. The lowest BCUT2D eigenvalue weighted by molar-refractivity contribution is -0.153. The summed E-state index contributed by atoms with van der Waals surface area (Å²) in [6.45, 7) is 1.50. The number of carbonyl (C=O) groups is 2. The molecule has 0 radical (unpaired) electrons. The first-order valence-electron chi connectivity index (χ1n) is 9.23. The highest BCUT2D eigenvalue weighted by Crippen LogP contribution is 2.28. The molecule has 1 N–H and O–H groups in total.